The number of para-hydroxylation sites is 2. The second kappa shape index (κ2) is 7.98. The van der Waals surface area contributed by atoms with Crippen molar-refractivity contribution in [3.05, 3.63) is 24.3 Å². The highest BCUT2D eigenvalue weighted by atomic mass is 16.6. The number of amides is 1. The number of piperidine rings is 1. The van der Waals surface area contributed by atoms with Gasteiger partial charge in [0.1, 0.15) is 5.60 Å². The Morgan fingerprint density at radius 3 is 2.41 bits per heavy atom. The quantitative estimate of drug-likeness (QED) is 0.882. The zero-order valence-corrected chi connectivity index (χ0v) is 16.5. The molecule has 0 aliphatic carbocycles. The molecule has 1 aliphatic rings. The van der Waals surface area contributed by atoms with E-state index in [1.54, 1.807) is 4.90 Å². The first-order valence-electron chi connectivity index (χ1n) is 9.41. The number of hydrogen-bond acceptors (Lipinski definition) is 6. The summed E-state index contributed by atoms with van der Waals surface area (Å²) < 4.78 is 11.4. The van der Waals surface area contributed by atoms with E-state index in [-0.39, 0.29) is 6.09 Å². The number of likely N-dealkylation sites (tertiary alicyclic amines) is 1. The average molecular weight is 372 g/mol. The van der Waals surface area contributed by atoms with Gasteiger partial charge in [-0.3, -0.25) is 0 Å². The topological polar surface area (TPSA) is 76.6 Å². The minimum Gasteiger partial charge on any atom is -0.475 e. The molecule has 0 unspecified atom stereocenters. The molecule has 1 aromatic carbocycles. The third-order valence-corrected chi connectivity index (χ3v) is 4.50. The fraction of sp³-hybridized carbons (Fsp3) is 0.550. The van der Waals surface area contributed by atoms with Crippen molar-refractivity contribution in [3.8, 4) is 5.88 Å². The fourth-order valence-electron chi connectivity index (χ4n) is 3.05. The van der Waals surface area contributed by atoms with Gasteiger partial charge in [0, 0.05) is 20.1 Å². The van der Waals surface area contributed by atoms with Crippen LogP contribution in [0, 0.1) is 5.92 Å². The lowest BCUT2D eigenvalue weighted by atomic mass is 9.98. The molecule has 0 spiro atoms. The van der Waals surface area contributed by atoms with E-state index in [1.165, 1.54) is 0 Å². The van der Waals surface area contributed by atoms with Crippen LogP contribution < -0.4 is 10.1 Å². The zero-order valence-electron chi connectivity index (χ0n) is 16.5. The van der Waals surface area contributed by atoms with Crippen molar-refractivity contribution in [2.75, 3.05) is 32.1 Å². The first-order valence-corrected chi connectivity index (χ1v) is 9.41. The maximum absolute atomic E-state index is 12.2. The van der Waals surface area contributed by atoms with Crippen LogP contribution in [-0.4, -0.2) is 53.3 Å². The standard InChI is InChI=1S/C20H28N4O3/c1-20(2,3)27-19(25)24-11-9-14(10-12-24)13-26-18-17(21-4)22-15-7-5-6-8-16(15)23-18/h5-8,14H,9-13H2,1-4H3,(H,21,22). The molecule has 0 radical (unpaired) electrons. The van der Waals surface area contributed by atoms with Gasteiger partial charge in [-0.25, -0.2) is 14.8 Å². The number of benzene rings is 1. The van der Waals surface area contributed by atoms with Crippen molar-refractivity contribution in [1.82, 2.24) is 14.9 Å². The number of carbonyl (C=O) groups is 1. The Balaban J connectivity index is 1.56. The van der Waals surface area contributed by atoms with Crippen LogP contribution in [0.4, 0.5) is 10.6 Å². The van der Waals surface area contributed by atoms with E-state index in [4.69, 9.17) is 9.47 Å². The normalized spacial score (nSPS) is 15.6. The second-order valence-electron chi connectivity index (χ2n) is 7.84. The molecule has 146 valence electrons. The first-order chi connectivity index (χ1) is 12.9. The lowest BCUT2D eigenvalue weighted by molar-refractivity contribution is 0.0164. The summed E-state index contributed by atoms with van der Waals surface area (Å²) in [7, 11) is 1.81. The molecule has 1 aliphatic heterocycles. The van der Waals surface area contributed by atoms with Crippen LogP contribution in [0.2, 0.25) is 0 Å². The van der Waals surface area contributed by atoms with Crippen molar-refractivity contribution in [3.63, 3.8) is 0 Å². The summed E-state index contributed by atoms with van der Waals surface area (Å²) in [6.45, 7) is 7.58. The molecule has 2 aromatic rings. The Morgan fingerprint density at radius 1 is 1.19 bits per heavy atom. The van der Waals surface area contributed by atoms with E-state index in [2.05, 4.69) is 15.3 Å². The van der Waals surface area contributed by atoms with Crippen molar-refractivity contribution >= 4 is 22.9 Å². The van der Waals surface area contributed by atoms with Gasteiger partial charge in [-0.15, -0.1) is 0 Å². The molecule has 1 fully saturated rings. The predicted octanol–water partition coefficient (Wildman–Crippen LogP) is 3.70. The summed E-state index contributed by atoms with van der Waals surface area (Å²) in [5.41, 5.74) is 1.18. The van der Waals surface area contributed by atoms with Gasteiger partial charge in [-0.2, -0.15) is 0 Å². The number of rotatable bonds is 4. The minimum atomic E-state index is -0.463. The number of carbonyl (C=O) groups excluding carboxylic acids is 1. The van der Waals surface area contributed by atoms with Crippen molar-refractivity contribution in [2.45, 2.75) is 39.2 Å². The summed E-state index contributed by atoms with van der Waals surface area (Å²) in [4.78, 5) is 23.1. The van der Waals surface area contributed by atoms with Crippen molar-refractivity contribution in [2.24, 2.45) is 5.92 Å². The highest BCUT2D eigenvalue weighted by Gasteiger charge is 2.27. The number of anilines is 1. The second-order valence-corrected chi connectivity index (χ2v) is 7.84. The summed E-state index contributed by atoms with van der Waals surface area (Å²) in [6, 6.07) is 7.73. The SMILES string of the molecule is CNc1nc2ccccc2nc1OCC1CCN(C(=O)OC(C)(C)C)CC1. The van der Waals surface area contributed by atoms with Crippen LogP contribution in [0.3, 0.4) is 0 Å². The van der Waals surface area contributed by atoms with E-state index in [0.717, 1.165) is 23.9 Å². The van der Waals surface area contributed by atoms with Gasteiger partial charge in [0.15, 0.2) is 5.82 Å². The van der Waals surface area contributed by atoms with E-state index < -0.39 is 5.60 Å². The average Bonchev–Trinajstić information content (AvgIpc) is 2.64. The maximum atomic E-state index is 12.2. The van der Waals surface area contributed by atoms with Gasteiger partial charge >= 0.3 is 6.09 Å². The molecule has 0 saturated carbocycles. The molecule has 0 atom stereocenters. The van der Waals surface area contributed by atoms with E-state index in [9.17, 15) is 4.79 Å². The number of fused-ring (bicyclic) bond motifs is 1. The fourth-order valence-corrected chi connectivity index (χ4v) is 3.05. The summed E-state index contributed by atoms with van der Waals surface area (Å²) >= 11 is 0. The summed E-state index contributed by atoms with van der Waals surface area (Å²) in [6.07, 6.45) is 1.53. The van der Waals surface area contributed by atoms with Crippen LogP contribution in [0.1, 0.15) is 33.6 Å². The van der Waals surface area contributed by atoms with Gasteiger partial charge in [-0.1, -0.05) is 12.1 Å². The first kappa shape index (κ1) is 19.2. The van der Waals surface area contributed by atoms with Gasteiger partial charge in [0.2, 0.25) is 0 Å². The van der Waals surface area contributed by atoms with Crippen LogP contribution in [-0.2, 0) is 4.74 Å². The minimum absolute atomic E-state index is 0.236. The Kier molecular flexibility index (Phi) is 5.68. The van der Waals surface area contributed by atoms with E-state index in [0.29, 0.717) is 37.3 Å². The Bertz CT molecular complexity index is 795. The zero-order chi connectivity index (χ0) is 19.4. The molecule has 1 N–H and O–H groups in total. The molecule has 7 nitrogen and oxygen atoms in total. The number of aromatic nitrogens is 2. The molecule has 1 saturated heterocycles. The summed E-state index contributed by atoms with van der Waals surface area (Å²) in [5.74, 6) is 1.53. The van der Waals surface area contributed by atoms with Gasteiger partial charge in [0.25, 0.3) is 5.88 Å². The molecule has 3 rings (SSSR count). The van der Waals surface area contributed by atoms with E-state index in [1.807, 2.05) is 52.1 Å². The largest absolute Gasteiger partial charge is 0.475 e. The van der Waals surface area contributed by atoms with Gasteiger partial charge < -0.3 is 19.7 Å². The molecule has 7 heteroatoms. The number of hydrogen-bond donors (Lipinski definition) is 1. The molecular formula is C20H28N4O3. The maximum Gasteiger partial charge on any atom is 0.410 e. The Hall–Kier alpha value is -2.57. The number of ether oxygens (including phenoxy) is 2. The highest BCUT2D eigenvalue weighted by molar-refractivity contribution is 5.77. The van der Waals surface area contributed by atoms with Crippen LogP contribution in [0.15, 0.2) is 24.3 Å². The number of nitrogens with zero attached hydrogens (tertiary/aromatic N) is 3. The highest BCUT2D eigenvalue weighted by Crippen LogP contribution is 2.25. The molecule has 1 amide bonds. The lowest BCUT2D eigenvalue weighted by Gasteiger charge is -2.33. The van der Waals surface area contributed by atoms with Crippen molar-refractivity contribution in [1.29, 1.82) is 0 Å². The van der Waals surface area contributed by atoms with Gasteiger partial charge in [-0.05, 0) is 51.7 Å². The molecular weight excluding hydrogens is 344 g/mol. The third kappa shape index (κ3) is 4.99. The smallest absolute Gasteiger partial charge is 0.410 e. The molecule has 27 heavy (non-hydrogen) atoms. The Morgan fingerprint density at radius 2 is 1.81 bits per heavy atom. The predicted molar refractivity (Wildman–Crippen MR) is 105 cm³/mol. The van der Waals surface area contributed by atoms with Crippen molar-refractivity contribution < 1.29 is 14.3 Å². The molecule has 0 bridgehead atoms. The van der Waals surface area contributed by atoms with Gasteiger partial charge in [0.05, 0.1) is 17.6 Å². The van der Waals surface area contributed by atoms with E-state index >= 15 is 0 Å². The Labute approximate surface area is 160 Å². The molecule has 1 aromatic heterocycles. The van der Waals surface area contributed by atoms with Crippen LogP contribution in [0.25, 0.3) is 11.0 Å². The number of nitrogens with one attached hydrogen (secondary N) is 1. The van der Waals surface area contributed by atoms with Crippen LogP contribution in [0.5, 0.6) is 5.88 Å². The summed E-state index contributed by atoms with van der Waals surface area (Å²) in [5, 5.41) is 3.05. The lowest BCUT2D eigenvalue weighted by Crippen LogP contribution is -2.42. The molecule has 2 heterocycles. The third-order valence-electron chi connectivity index (χ3n) is 4.50. The monoisotopic (exact) mass is 372 g/mol. The van der Waals surface area contributed by atoms with Crippen LogP contribution >= 0.6 is 0 Å².